The summed E-state index contributed by atoms with van der Waals surface area (Å²) < 4.78 is 5.34. The van der Waals surface area contributed by atoms with Crippen molar-refractivity contribution in [2.45, 2.75) is 51.0 Å². The van der Waals surface area contributed by atoms with E-state index in [1.165, 1.54) is 56.1 Å². The number of allylic oxidation sites excluding steroid dienone is 1. The van der Waals surface area contributed by atoms with Gasteiger partial charge in [0.25, 0.3) is 0 Å². The van der Waals surface area contributed by atoms with Crippen molar-refractivity contribution in [3.05, 3.63) is 41.0 Å². The Labute approximate surface area is 122 Å². The van der Waals surface area contributed by atoms with Gasteiger partial charge in [-0.15, -0.1) is 0 Å². The Morgan fingerprint density at radius 1 is 1.25 bits per heavy atom. The van der Waals surface area contributed by atoms with Crippen LogP contribution >= 0.6 is 0 Å². The third kappa shape index (κ3) is 3.06. The molecule has 0 amide bonds. The Hall–Kier alpha value is -1.28. The molecular weight excluding hydrogens is 246 g/mol. The van der Waals surface area contributed by atoms with Crippen molar-refractivity contribution in [3.63, 3.8) is 0 Å². The molecule has 20 heavy (non-hydrogen) atoms. The second-order valence-electron chi connectivity index (χ2n) is 5.97. The molecule has 2 heteroatoms. The lowest BCUT2D eigenvalue weighted by Crippen LogP contribution is -2.26. The highest BCUT2D eigenvalue weighted by Crippen LogP contribution is 2.32. The van der Waals surface area contributed by atoms with E-state index in [1.807, 2.05) is 0 Å². The van der Waals surface area contributed by atoms with E-state index in [0.717, 1.165) is 12.3 Å². The molecule has 2 aliphatic rings. The van der Waals surface area contributed by atoms with Gasteiger partial charge in [-0.05, 0) is 74.8 Å². The summed E-state index contributed by atoms with van der Waals surface area (Å²) in [5, 5.41) is 3.76. The molecule has 0 bridgehead atoms. The van der Waals surface area contributed by atoms with Crippen LogP contribution in [0.3, 0.4) is 0 Å². The molecule has 108 valence electrons. The molecule has 0 saturated carbocycles. The van der Waals surface area contributed by atoms with E-state index in [4.69, 9.17) is 4.74 Å². The van der Waals surface area contributed by atoms with Crippen molar-refractivity contribution >= 4 is 0 Å². The zero-order valence-electron chi connectivity index (χ0n) is 12.5. The predicted molar refractivity (Wildman–Crippen MR) is 83.2 cm³/mol. The standard InChI is InChI=1S/C18H25NO/c1-20-16-9-10-17-15(13-16)7-4-8-18(17)19-12-11-14-5-2-3-6-14/h5,9-10,13,18-19H,2-4,6-8,11-12H2,1H3. The minimum atomic E-state index is 0.534. The zero-order valence-corrected chi connectivity index (χ0v) is 12.5. The Bertz CT molecular complexity index is 492. The second-order valence-corrected chi connectivity index (χ2v) is 5.97. The number of methoxy groups -OCH3 is 1. The van der Waals surface area contributed by atoms with Gasteiger partial charge in [0, 0.05) is 6.04 Å². The van der Waals surface area contributed by atoms with Gasteiger partial charge < -0.3 is 10.1 Å². The van der Waals surface area contributed by atoms with Gasteiger partial charge in [0.2, 0.25) is 0 Å². The van der Waals surface area contributed by atoms with Crippen molar-refractivity contribution in [2.24, 2.45) is 0 Å². The van der Waals surface area contributed by atoms with Crippen LogP contribution in [0.25, 0.3) is 0 Å². The summed E-state index contributed by atoms with van der Waals surface area (Å²) in [6.45, 7) is 1.11. The summed E-state index contributed by atoms with van der Waals surface area (Å²) in [5.41, 5.74) is 4.61. The Morgan fingerprint density at radius 2 is 2.20 bits per heavy atom. The summed E-state index contributed by atoms with van der Waals surface area (Å²) >= 11 is 0. The number of benzene rings is 1. The predicted octanol–water partition coefficient (Wildman–Crippen LogP) is 4.16. The minimum Gasteiger partial charge on any atom is -0.497 e. The van der Waals surface area contributed by atoms with E-state index < -0.39 is 0 Å². The van der Waals surface area contributed by atoms with Crippen LogP contribution in [0.1, 0.15) is 55.7 Å². The van der Waals surface area contributed by atoms with Crippen molar-refractivity contribution < 1.29 is 4.74 Å². The number of fused-ring (bicyclic) bond motifs is 1. The van der Waals surface area contributed by atoms with Gasteiger partial charge in [-0.2, -0.15) is 0 Å². The molecule has 1 unspecified atom stereocenters. The Morgan fingerprint density at radius 3 is 3.00 bits per heavy atom. The fraction of sp³-hybridized carbons (Fsp3) is 0.556. The summed E-state index contributed by atoms with van der Waals surface area (Å²) in [5.74, 6) is 0.987. The number of aryl methyl sites for hydroxylation is 1. The van der Waals surface area contributed by atoms with Crippen LogP contribution in [0.15, 0.2) is 29.8 Å². The first-order valence-corrected chi connectivity index (χ1v) is 7.95. The van der Waals surface area contributed by atoms with Crippen molar-refractivity contribution in [1.82, 2.24) is 5.32 Å². The van der Waals surface area contributed by atoms with E-state index in [1.54, 1.807) is 12.7 Å². The monoisotopic (exact) mass is 271 g/mol. The van der Waals surface area contributed by atoms with Crippen molar-refractivity contribution in [2.75, 3.05) is 13.7 Å². The van der Waals surface area contributed by atoms with Gasteiger partial charge in [0.15, 0.2) is 0 Å². The molecule has 0 fully saturated rings. The van der Waals surface area contributed by atoms with Crippen molar-refractivity contribution in [1.29, 1.82) is 0 Å². The Kier molecular flexibility index (Phi) is 4.41. The highest BCUT2D eigenvalue weighted by Gasteiger charge is 2.20. The lowest BCUT2D eigenvalue weighted by Gasteiger charge is -2.27. The maximum atomic E-state index is 5.34. The number of hydrogen-bond acceptors (Lipinski definition) is 2. The van der Waals surface area contributed by atoms with Gasteiger partial charge in [0.1, 0.15) is 5.75 Å². The molecule has 1 aromatic carbocycles. The van der Waals surface area contributed by atoms with Gasteiger partial charge >= 0.3 is 0 Å². The first-order chi connectivity index (χ1) is 9.86. The fourth-order valence-corrected chi connectivity index (χ4v) is 3.50. The summed E-state index contributed by atoms with van der Waals surface area (Å²) in [7, 11) is 1.75. The normalized spacial score (nSPS) is 21.4. The number of nitrogens with one attached hydrogen (secondary N) is 1. The summed E-state index contributed by atoms with van der Waals surface area (Å²) in [4.78, 5) is 0. The number of ether oxygens (including phenoxy) is 1. The highest BCUT2D eigenvalue weighted by molar-refractivity contribution is 5.39. The quantitative estimate of drug-likeness (QED) is 0.812. The maximum absolute atomic E-state index is 5.34. The first kappa shape index (κ1) is 13.7. The van der Waals surface area contributed by atoms with Crippen LogP contribution < -0.4 is 10.1 Å². The third-order valence-electron chi connectivity index (χ3n) is 4.64. The van der Waals surface area contributed by atoms with Crippen molar-refractivity contribution in [3.8, 4) is 5.75 Å². The number of hydrogen-bond donors (Lipinski definition) is 1. The summed E-state index contributed by atoms with van der Waals surface area (Å²) in [6.07, 6.45) is 11.4. The second kappa shape index (κ2) is 6.45. The smallest absolute Gasteiger partial charge is 0.119 e. The molecule has 2 aliphatic carbocycles. The van der Waals surface area contributed by atoms with Gasteiger partial charge in [-0.1, -0.05) is 17.7 Å². The SMILES string of the molecule is COc1ccc2c(c1)CCCC2NCCC1=CCCC1. The van der Waals surface area contributed by atoms with Crippen LogP contribution in [0.4, 0.5) is 0 Å². The van der Waals surface area contributed by atoms with E-state index in [-0.39, 0.29) is 0 Å². The van der Waals surface area contributed by atoms with Gasteiger partial charge in [-0.3, -0.25) is 0 Å². The van der Waals surface area contributed by atoms with E-state index in [2.05, 4.69) is 29.6 Å². The molecule has 0 radical (unpaired) electrons. The van der Waals surface area contributed by atoms with Crippen LogP contribution in [0.5, 0.6) is 5.75 Å². The van der Waals surface area contributed by atoms with Crippen LogP contribution in [0, 0.1) is 0 Å². The molecular formula is C18H25NO. The Balaban J connectivity index is 1.61. The maximum Gasteiger partial charge on any atom is 0.119 e. The van der Waals surface area contributed by atoms with E-state index >= 15 is 0 Å². The highest BCUT2D eigenvalue weighted by atomic mass is 16.5. The molecule has 0 aromatic heterocycles. The van der Waals surface area contributed by atoms with Crippen LogP contribution in [0.2, 0.25) is 0 Å². The minimum absolute atomic E-state index is 0.534. The molecule has 1 atom stereocenters. The van der Waals surface area contributed by atoms with Crippen LogP contribution in [-0.2, 0) is 6.42 Å². The topological polar surface area (TPSA) is 21.3 Å². The molecule has 1 N–H and O–H groups in total. The van der Waals surface area contributed by atoms with Gasteiger partial charge in [-0.25, -0.2) is 0 Å². The average molecular weight is 271 g/mol. The molecule has 2 nitrogen and oxygen atoms in total. The average Bonchev–Trinajstić information content (AvgIpc) is 3.00. The van der Waals surface area contributed by atoms with Crippen LogP contribution in [-0.4, -0.2) is 13.7 Å². The van der Waals surface area contributed by atoms with Gasteiger partial charge in [0.05, 0.1) is 7.11 Å². The first-order valence-electron chi connectivity index (χ1n) is 7.95. The molecule has 1 aromatic rings. The fourth-order valence-electron chi connectivity index (χ4n) is 3.50. The van der Waals surface area contributed by atoms with E-state index in [0.29, 0.717) is 6.04 Å². The lowest BCUT2D eigenvalue weighted by atomic mass is 9.87. The van der Waals surface area contributed by atoms with E-state index in [9.17, 15) is 0 Å². The third-order valence-corrected chi connectivity index (χ3v) is 4.64. The molecule has 0 heterocycles. The molecule has 3 rings (SSSR count). The molecule has 0 spiro atoms. The molecule has 0 saturated heterocycles. The summed E-state index contributed by atoms with van der Waals surface area (Å²) in [6, 6.07) is 7.09. The molecule has 0 aliphatic heterocycles. The number of rotatable bonds is 5. The zero-order chi connectivity index (χ0) is 13.8. The largest absolute Gasteiger partial charge is 0.497 e. The lowest BCUT2D eigenvalue weighted by molar-refractivity contribution is 0.411.